The number of pyridine rings is 1. The Bertz CT molecular complexity index is 570. The number of hydrogen-bond acceptors (Lipinski definition) is 4. The molecule has 2 rings (SSSR count). The maximum atomic E-state index is 10.1. The first kappa shape index (κ1) is 15.3. The Balaban J connectivity index is 1.95. The number of benzene rings is 1. The number of nitrogens with zero attached hydrogens (tertiary/aromatic N) is 1. The second kappa shape index (κ2) is 6.14. The number of nitrogens with two attached hydrogens (primary N) is 1. The molecule has 2 aromatic rings. The summed E-state index contributed by atoms with van der Waals surface area (Å²) in [6.07, 6.45) is 1.28. The van der Waals surface area contributed by atoms with Crippen LogP contribution in [-0.2, 0) is 5.41 Å². The molecule has 0 bridgehead atoms. The van der Waals surface area contributed by atoms with Gasteiger partial charge in [0.1, 0.15) is 5.82 Å². The van der Waals surface area contributed by atoms with Crippen LogP contribution in [0.1, 0.15) is 38.0 Å². The van der Waals surface area contributed by atoms with Crippen LogP contribution in [0.4, 0.5) is 11.5 Å². The molecule has 1 aromatic carbocycles. The van der Waals surface area contributed by atoms with Crippen molar-refractivity contribution in [1.82, 2.24) is 4.98 Å². The van der Waals surface area contributed by atoms with E-state index in [0.29, 0.717) is 12.2 Å². The van der Waals surface area contributed by atoms with E-state index in [4.69, 9.17) is 5.73 Å². The summed E-state index contributed by atoms with van der Waals surface area (Å²) in [5, 5.41) is 13.3. The van der Waals surface area contributed by atoms with Gasteiger partial charge < -0.3 is 16.2 Å². The van der Waals surface area contributed by atoms with Gasteiger partial charge in [0.15, 0.2) is 0 Å². The summed E-state index contributed by atoms with van der Waals surface area (Å²) in [5.41, 5.74) is 8.44. The van der Waals surface area contributed by atoms with Crippen LogP contribution < -0.4 is 11.1 Å². The lowest BCUT2D eigenvalue weighted by Gasteiger charge is -2.19. The fourth-order valence-electron chi connectivity index (χ4n) is 1.98. The van der Waals surface area contributed by atoms with Crippen LogP contribution >= 0.6 is 0 Å². The molecular formula is C17H23N3O. The van der Waals surface area contributed by atoms with E-state index in [9.17, 15) is 5.11 Å². The van der Waals surface area contributed by atoms with Gasteiger partial charge in [-0.2, -0.15) is 0 Å². The fourth-order valence-corrected chi connectivity index (χ4v) is 1.98. The SMILES string of the molecule is CC(C)(C)c1ccc(NCC(O)c2ccc(N)cc2)nc1. The van der Waals surface area contributed by atoms with Crippen LogP contribution in [-0.4, -0.2) is 16.6 Å². The molecule has 0 aliphatic carbocycles. The highest BCUT2D eigenvalue weighted by molar-refractivity contribution is 5.41. The van der Waals surface area contributed by atoms with E-state index in [-0.39, 0.29) is 5.41 Å². The third-order valence-electron chi connectivity index (χ3n) is 3.43. The molecule has 1 aromatic heterocycles. The zero-order chi connectivity index (χ0) is 15.5. The largest absolute Gasteiger partial charge is 0.399 e. The van der Waals surface area contributed by atoms with Crippen molar-refractivity contribution in [2.75, 3.05) is 17.6 Å². The highest BCUT2D eigenvalue weighted by atomic mass is 16.3. The zero-order valence-electron chi connectivity index (χ0n) is 12.8. The molecule has 4 heteroatoms. The van der Waals surface area contributed by atoms with Crippen LogP contribution in [0.15, 0.2) is 42.6 Å². The lowest BCUT2D eigenvalue weighted by molar-refractivity contribution is 0.191. The molecule has 0 spiro atoms. The third-order valence-corrected chi connectivity index (χ3v) is 3.43. The predicted molar refractivity (Wildman–Crippen MR) is 87.2 cm³/mol. The number of nitrogens with one attached hydrogen (secondary N) is 1. The lowest BCUT2D eigenvalue weighted by Crippen LogP contribution is -2.14. The Morgan fingerprint density at radius 2 is 1.81 bits per heavy atom. The van der Waals surface area contributed by atoms with Gasteiger partial charge in [0.2, 0.25) is 0 Å². The maximum absolute atomic E-state index is 10.1. The smallest absolute Gasteiger partial charge is 0.125 e. The van der Waals surface area contributed by atoms with E-state index in [0.717, 1.165) is 11.4 Å². The van der Waals surface area contributed by atoms with Gasteiger partial charge >= 0.3 is 0 Å². The minimum absolute atomic E-state index is 0.0923. The Hall–Kier alpha value is -2.07. The van der Waals surface area contributed by atoms with E-state index >= 15 is 0 Å². The van der Waals surface area contributed by atoms with Gasteiger partial charge in [0.05, 0.1) is 6.10 Å². The van der Waals surface area contributed by atoms with Crippen molar-refractivity contribution in [2.45, 2.75) is 32.3 Å². The Morgan fingerprint density at radius 1 is 1.14 bits per heavy atom. The highest BCUT2D eigenvalue weighted by Crippen LogP contribution is 2.22. The van der Waals surface area contributed by atoms with Crippen LogP contribution in [0.2, 0.25) is 0 Å². The number of aliphatic hydroxyl groups excluding tert-OH is 1. The first-order valence-corrected chi connectivity index (χ1v) is 7.10. The normalized spacial score (nSPS) is 13.0. The minimum atomic E-state index is -0.588. The molecule has 21 heavy (non-hydrogen) atoms. The first-order valence-electron chi connectivity index (χ1n) is 7.10. The number of rotatable bonds is 4. The molecule has 0 aliphatic heterocycles. The topological polar surface area (TPSA) is 71.2 Å². The monoisotopic (exact) mass is 285 g/mol. The van der Waals surface area contributed by atoms with Crippen molar-refractivity contribution in [3.05, 3.63) is 53.7 Å². The average molecular weight is 285 g/mol. The highest BCUT2D eigenvalue weighted by Gasteiger charge is 2.14. The second-order valence-electron chi connectivity index (χ2n) is 6.25. The molecule has 112 valence electrons. The van der Waals surface area contributed by atoms with Gasteiger partial charge in [0, 0.05) is 18.4 Å². The zero-order valence-corrected chi connectivity index (χ0v) is 12.8. The summed E-state index contributed by atoms with van der Waals surface area (Å²) >= 11 is 0. The van der Waals surface area contributed by atoms with Crippen molar-refractivity contribution in [1.29, 1.82) is 0 Å². The molecular weight excluding hydrogens is 262 g/mol. The van der Waals surface area contributed by atoms with Crippen molar-refractivity contribution in [2.24, 2.45) is 0 Å². The van der Waals surface area contributed by atoms with Crippen molar-refractivity contribution >= 4 is 11.5 Å². The molecule has 0 radical (unpaired) electrons. The third kappa shape index (κ3) is 4.20. The van der Waals surface area contributed by atoms with Gasteiger partial charge in [0.25, 0.3) is 0 Å². The minimum Gasteiger partial charge on any atom is -0.399 e. The number of anilines is 2. The molecule has 0 saturated carbocycles. The van der Waals surface area contributed by atoms with Crippen LogP contribution in [0.25, 0.3) is 0 Å². The van der Waals surface area contributed by atoms with E-state index in [2.05, 4.69) is 37.1 Å². The van der Waals surface area contributed by atoms with Crippen LogP contribution in [0.5, 0.6) is 0 Å². The van der Waals surface area contributed by atoms with Gasteiger partial charge in [-0.3, -0.25) is 0 Å². The first-order chi connectivity index (χ1) is 9.86. The second-order valence-corrected chi connectivity index (χ2v) is 6.25. The summed E-state index contributed by atoms with van der Waals surface area (Å²) in [4.78, 5) is 4.38. The summed E-state index contributed by atoms with van der Waals surface area (Å²) in [6.45, 7) is 6.87. The molecule has 1 unspecified atom stereocenters. The van der Waals surface area contributed by atoms with E-state index < -0.39 is 6.10 Å². The van der Waals surface area contributed by atoms with E-state index in [1.54, 1.807) is 12.1 Å². The number of nitrogen functional groups attached to an aromatic ring is 1. The predicted octanol–water partition coefficient (Wildman–Crippen LogP) is 3.11. The molecule has 1 heterocycles. The van der Waals surface area contributed by atoms with Gasteiger partial charge in [-0.25, -0.2) is 4.98 Å². The summed E-state index contributed by atoms with van der Waals surface area (Å²) in [7, 11) is 0. The van der Waals surface area contributed by atoms with Gasteiger partial charge in [-0.15, -0.1) is 0 Å². The molecule has 1 atom stereocenters. The van der Waals surface area contributed by atoms with Gasteiger partial charge in [-0.05, 0) is 34.7 Å². The summed E-state index contributed by atoms with van der Waals surface area (Å²) in [5.74, 6) is 0.762. The average Bonchev–Trinajstić information content (AvgIpc) is 2.45. The number of aliphatic hydroxyl groups is 1. The molecule has 4 N–H and O–H groups in total. The van der Waals surface area contributed by atoms with Crippen molar-refractivity contribution in [3.63, 3.8) is 0 Å². The summed E-state index contributed by atoms with van der Waals surface area (Å²) in [6, 6.07) is 11.2. The van der Waals surface area contributed by atoms with Crippen LogP contribution in [0, 0.1) is 0 Å². The molecule has 0 saturated heterocycles. The lowest BCUT2D eigenvalue weighted by atomic mass is 9.88. The van der Waals surface area contributed by atoms with E-state index in [1.165, 1.54) is 5.56 Å². The summed E-state index contributed by atoms with van der Waals surface area (Å²) < 4.78 is 0. The van der Waals surface area contributed by atoms with E-state index in [1.807, 2.05) is 24.4 Å². The van der Waals surface area contributed by atoms with Crippen LogP contribution in [0.3, 0.4) is 0 Å². The maximum Gasteiger partial charge on any atom is 0.125 e. The Kier molecular flexibility index (Phi) is 4.48. The van der Waals surface area contributed by atoms with Gasteiger partial charge in [-0.1, -0.05) is 39.0 Å². The number of hydrogen-bond donors (Lipinski definition) is 3. The Morgan fingerprint density at radius 3 is 2.33 bits per heavy atom. The fraction of sp³-hybridized carbons (Fsp3) is 0.353. The molecule has 0 amide bonds. The standard InChI is InChI=1S/C17H23N3O/c1-17(2,3)13-6-9-16(19-10-13)20-11-15(21)12-4-7-14(18)8-5-12/h4-10,15,21H,11,18H2,1-3H3,(H,19,20). The molecule has 0 aliphatic rings. The van der Waals surface area contributed by atoms with Crippen molar-refractivity contribution < 1.29 is 5.11 Å². The van der Waals surface area contributed by atoms with Crippen molar-refractivity contribution in [3.8, 4) is 0 Å². The molecule has 0 fully saturated rings. The quantitative estimate of drug-likeness (QED) is 0.755. The Labute approximate surface area is 126 Å². The number of aromatic nitrogens is 1. The molecule has 4 nitrogen and oxygen atoms in total.